The van der Waals surface area contributed by atoms with Crippen molar-refractivity contribution in [1.29, 1.82) is 0 Å². The Morgan fingerprint density at radius 3 is 2.95 bits per heavy atom. The van der Waals surface area contributed by atoms with Gasteiger partial charge in [0.05, 0.1) is 13.2 Å². The number of aliphatic hydroxyl groups excluding tert-OH is 1. The van der Waals surface area contributed by atoms with Gasteiger partial charge in [0.25, 0.3) is 0 Å². The molecule has 1 saturated carbocycles. The van der Waals surface area contributed by atoms with Crippen LogP contribution in [0.2, 0.25) is 0 Å². The average molecular weight is 263 g/mol. The summed E-state index contributed by atoms with van der Waals surface area (Å²) in [4.78, 5) is 0. The van der Waals surface area contributed by atoms with Crippen molar-refractivity contribution in [2.75, 3.05) is 20.2 Å². The zero-order chi connectivity index (χ0) is 13.7. The van der Waals surface area contributed by atoms with Gasteiger partial charge in [0.1, 0.15) is 5.75 Å². The molecule has 1 aliphatic rings. The molecule has 0 radical (unpaired) electrons. The number of aliphatic hydroxyl groups is 1. The Kier molecular flexibility index (Phi) is 5.23. The highest BCUT2D eigenvalue weighted by molar-refractivity contribution is 5.29. The quantitative estimate of drug-likeness (QED) is 0.829. The largest absolute Gasteiger partial charge is 0.497 e. The van der Waals surface area contributed by atoms with Gasteiger partial charge in [-0.05, 0) is 48.9 Å². The predicted octanol–water partition coefficient (Wildman–Crippen LogP) is 2.75. The molecule has 19 heavy (non-hydrogen) atoms. The summed E-state index contributed by atoms with van der Waals surface area (Å²) >= 11 is 0. The Bertz CT molecular complexity index is 394. The van der Waals surface area contributed by atoms with Crippen LogP contribution in [0.15, 0.2) is 24.3 Å². The highest BCUT2D eigenvalue weighted by atomic mass is 16.5. The molecule has 3 nitrogen and oxygen atoms in total. The van der Waals surface area contributed by atoms with E-state index in [9.17, 15) is 5.11 Å². The number of nitrogens with one attached hydrogen (secondary N) is 1. The van der Waals surface area contributed by atoms with E-state index in [4.69, 9.17) is 4.74 Å². The van der Waals surface area contributed by atoms with E-state index in [2.05, 4.69) is 12.2 Å². The molecular weight excluding hydrogens is 238 g/mol. The smallest absolute Gasteiger partial charge is 0.119 e. The Balaban J connectivity index is 1.75. The number of rotatable bonds is 6. The highest BCUT2D eigenvalue weighted by Crippen LogP contribution is 2.29. The van der Waals surface area contributed by atoms with Crippen molar-refractivity contribution in [1.82, 2.24) is 5.32 Å². The van der Waals surface area contributed by atoms with Crippen LogP contribution in [0.5, 0.6) is 5.75 Å². The second-order valence-electron chi connectivity index (χ2n) is 5.73. The number of hydrogen-bond acceptors (Lipinski definition) is 3. The van der Waals surface area contributed by atoms with Crippen molar-refractivity contribution >= 4 is 0 Å². The summed E-state index contributed by atoms with van der Waals surface area (Å²) in [6, 6.07) is 7.64. The van der Waals surface area contributed by atoms with Crippen molar-refractivity contribution < 1.29 is 9.84 Å². The summed E-state index contributed by atoms with van der Waals surface area (Å²) in [7, 11) is 1.64. The minimum atomic E-state index is -0.464. The predicted molar refractivity (Wildman–Crippen MR) is 77.3 cm³/mol. The molecule has 2 N–H and O–H groups in total. The van der Waals surface area contributed by atoms with E-state index in [0.29, 0.717) is 6.54 Å². The second-order valence-corrected chi connectivity index (χ2v) is 5.73. The lowest BCUT2D eigenvalue weighted by Crippen LogP contribution is -2.26. The van der Waals surface area contributed by atoms with E-state index in [1.165, 1.54) is 19.3 Å². The number of hydrogen-bond donors (Lipinski definition) is 2. The van der Waals surface area contributed by atoms with Gasteiger partial charge in [-0.2, -0.15) is 0 Å². The molecule has 0 spiro atoms. The highest BCUT2D eigenvalue weighted by Gasteiger charge is 2.21. The molecule has 0 aromatic heterocycles. The zero-order valence-corrected chi connectivity index (χ0v) is 11.9. The first-order valence-corrected chi connectivity index (χ1v) is 7.21. The van der Waals surface area contributed by atoms with Crippen LogP contribution < -0.4 is 10.1 Å². The fourth-order valence-electron chi connectivity index (χ4n) is 2.90. The van der Waals surface area contributed by atoms with E-state index < -0.39 is 6.10 Å². The van der Waals surface area contributed by atoms with Gasteiger partial charge in [-0.25, -0.2) is 0 Å². The molecule has 1 aromatic carbocycles. The third kappa shape index (κ3) is 4.22. The van der Waals surface area contributed by atoms with Crippen LogP contribution in [0.3, 0.4) is 0 Å². The van der Waals surface area contributed by atoms with Gasteiger partial charge >= 0.3 is 0 Å². The topological polar surface area (TPSA) is 41.5 Å². The fourth-order valence-corrected chi connectivity index (χ4v) is 2.90. The molecule has 1 fully saturated rings. The van der Waals surface area contributed by atoms with Gasteiger partial charge in [0.2, 0.25) is 0 Å². The number of benzene rings is 1. The molecule has 0 bridgehead atoms. The Labute approximate surface area is 116 Å². The lowest BCUT2D eigenvalue weighted by atomic mass is 10.1. The lowest BCUT2D eigenvalue weighted by Gasteiger charge is -2.15. The molecule has 1 aliphatic carbocycles. The van der Waals surface area contributed by atoms with E-state index in [1.54, 1.807) is 7.11 Å². The maximum Gasteiger partial charge on any atom is 0.119 e. The fraction of sp³-hybridized carbons (Fsp3) is 0.625. The van der Waals surface area contributed by atoms with Crippen molar-refractivity contribution in [2.24, 2.45) is 11.8 Å². The number of methoxy groups -OCH3 is 1. The maximum absolute atomic E-state index is 10.1. The summed E-state index contributed by atoms with van der Waals surface area (Å²) in [6.45, 7) is 3.95. The lowest BCUT2D eigenvalue weighted by molar-refractivity contribution is 0.172. The molecule has 2 rings (SSSR count). The third-order valence-electron chi connectivity index (χ3n) is 4.05. The molecule has 0 amide bonds. The summed E-state index contributed by atoms with van der Waals surface area (Å²) in [5.74, 6) is 2.45. The summed E-state index contributed by atoms with van der Waals surface area (Å²) in [5.41, 5.74) is 0.909. The summed E-state index contributed by atoms with van der Waals surface area (Å²) in [6.07, 6.45) is 3.53. The SMILES string of the molecule is COc1cccc(C(O)CNCC2CCC(C)C2)c1. The van der Waals surface area contributed by atoms with E-state index >= 15 is 0 Å². The van der Waals surface area contributed by atoms with Crippen LogP contribution in [0.1, 0.15) is 37.9 Å². The molecule has 0 saturated heterocycles. The van der Waals surface area contributed by atoms with Crippen LogP contribution in [0, 0.1) is 11.8 Å². The van der Waals surface area contributed by atoms with E-state index in [1.807, 2.05) is 24.3 Å². The van der Waals surface area contributed by atoms with Gasteiger partial charge in [0.15, 0.2) is 0 Å². The van der Waals surface area contributed by atoms with Crippen molar-refractivity contribution in [3.8, 4) is 5.75 Å². The van der Waals surface area contributed by atoms with Gasteiger partial charge < -0.3 is 15.2 Å². The zero-order valence-electron chi connectivity index (χ0n) is 11.9. The number of ether oxygens (including phenoxy) is 1. The second kappa shape index (κ2) is 6.92. The molecule has 0 aliphatic heterocycles. The Morgan fingerprint density at radius 1 is 1.42 bits per heavy atom. The minimum absolute atomic E-state index is 0.464. The first-order valence-electron chi connectivity index (χ1n) is 7.21. The van der Waals surface area contributed by atoms with Crippen molar-refractivity contribution in [3.63, 3.8) is 0 Å². The minimum Gasteiger partial charge on any atom is -0.497 e. The van der Waals surface area contributed by atoms with Gasteiger partial charge in [-0.3, -0.25) is 0 Å². The summed E-state index contributed by atoms with van der Waals surface area (Å²) in [5, 5.41) is 13.5. The maximum atomic E-state index is 10.1. The Hall–Kier alpha value is -1.06. The monoisotopic (exact) mass is 263 g/mol. The molecule has 3 unspecified atom stereocenters. The van der Waals surface area contributed by atoms with E-state index in [0.717, 1.165) is 29.7 Å². The first kappa shape index (κ1) is 14.4. The molecule has 3 heteroatoms. The molecule has 1 aromatic rings. The molecular formula is C16H25NO2. The molecule has 3 atom stereocenters. The van der Waals surface area contributed by atoms with Crippen LogP contribution in [0.25, 0.3) is 0 Å². The van der Waals surface area contributed by atoms with Crippen LogP contribution in [-0.4, -0.2) is 25.3 Å². The first-order chi connectivity index (χ1) is 9.19. The van der Waals surface area contributed by atoms with Crippen LogP contribution in [0.4, 0.5) is 0 Å². The van der Waals surface area contributed by atoms with Gasteiger partial charge in [-0.1, -0.05) is 25.5 Å². The van der Waals surface area contributed by atoms with Crippen molar-refractivity contribution in [2.45, 2.75) is 32.3 Å². The molecule has 106 valence electrons. The van der Waals surface area contributed by atoms with Crippen LogP contribution in [-0.2, 0) is 0 Å². The van der Waals surface area contributed by atoms with Gasteiger partial charge in [-0.15, -0.1) is 0 Å². The standard InChI is InChI=1S/C16H25NO2/c1-12-6-7-13(8-12)10-17-11-16(18)14-4-3-5-15(9-14)19-2/h3-5,9,12-13,16-18H,6-8,10-11H2,1-2H3. The van der Waals surface area contributed by atoms with Crippen molar-refractivity contribution in [3.05, 3.63) is 29.8 Å². The third-order valence-corrected chi connectivity index (χ3v) is 4.05. The van der Waals surface area contributed by atoms with Gasteiger partial charge in [0, 0.05) is 6.54 Å². The normalized spacial score (nSPS) is 24.4. The summed E-state index contributed by atoms with van der Waals surface area (Å²) < 4.78 is 5.17. The Morgan fingerprint density at radius 2 is 2.26 bits per heavy atom. The molecule has 0 heterocycles. The van der Waals surface area contributed by atoms with Crippen LogP contribution >= 0.6 is 0 Å². The van der Waals surface area contributed by atoms with E-state index in [-0.39, 0.29) is 0 Å². The average Bonchev–Trinajstić information content (AvgIpc) is 2.84.